The molecule has 1 rings (SSSR count). The van der Waals surface area contributed by atoms with Gasteiger partial charge >= 0.3 is 0 Å². The molecular formula is C19H38O6. The van der Waals surface area contributed by atoms with E-state index in [0.717, 1.165) is 32.5 Å². The average Bonchev–Trinajstić information content (AvgIpc) is 2.65. The second kappa shape index (κ2) is 18.5. The maximum atomic E-state index is 5.58. The fraction of sp³-hybridized carbons (Fsp3) is 1.00. The van der Waals surface area contributed by atoms with Crippen LogP contribution in [0.4, 0.5) is 0 Å². The highest BCUT2D eigenvalue weighted by Crippen LogP contribution is 2.13. The van der Waals surface area contributed by atoms with E-state index in [1.165, 1.54) is 25.7 Å². The van der Waals surface area contributed by atoms with Crippen LogP contribution in [-0.4, -0.2) is 72.4 Å². The zero-order valence-electron chi connectivity index (χ0n) is 16.0. The quantitative estimate of drug-likeness (QED) is 0.349. The predicted octanol–water partition coefficient (Wildman–Crippen LogP) is 3.18. The van der Waals surface area contributed by atoms with Crippen molar-refractivity contribution in [2.24, 2.45) is 0 Å². The molecule has 0 aliphatic carbocycles. The van der Waals surface area contributed by atoms with Gasteiger partial charge in [0.05, 0.1) is 52.9 Å². The van der Waals surface area contributed by atoms with E-state index >= 15 is 0 Å². The minimum atomic E-state index is -0.0360. The first-order chi connectivity index (χ1) is 12.4. The summed E-state index contributed by atoms with van der Waals surface area (Å²) in [5.41, 5.74) is 0. The molecule has 1 aliphatic heterocycles. The summed E-state index contributed by atoms with van der Waals surface area (Å²) in [6.45, 7) is 8.67. The molecule has 0 aromatic heterocycles. The highest BCUT2D eigenvalue weighted by Gasteiger charge is 2.13. The smallest absolute Gasteiger partial charge is 0.157 e. The summed E-state index contributed by atoms with van der Waals surface area (Å²) in [6.07, 6.45) is 8.25. The average molecular weight is 363 g/mol. The number of unbranched alkanes of at least 4 members (excludes halogenated alkanes) is 3. The normalized spacial score (nSPS) is 17.9. The van der Waals surface area contributed by atoms with Gasteiger partial charge in [-0.15, -0.1) is 0 Å². The van der Waals surface area contributed by atoms with Crippen molar-refractivity contribution in [3.63, 3.8) is 0 Å². The van der Waals surface area contributed by atoms with Crippen LogP contribution in [0.3, 0.4) is 0 Å². The van der Waals surface area contributed by atoms with Gasteiger partial charge in [-0.3, -0.25) is 0 Å². The Labute approximate surface area is 153 Å². The van der Waals surface area contributed by atoms with Gasteiger partial charge in [-0.1, -0.05) is 26.2 Å². The van der Waals surface area contributed by atoms with Crippen molar-refractivity contribution in [3.8, 4) is 0 Å². The summed E-state index contributed by atoms with van der Waals surface area (Å²) in [6, 6.07) is 0. The first-order valence-electron chi connectivity index (χ1n) is 9.97. The van der Waals surface area contributed by atoms with E-state index < -0.39 is 0 Å². The maximum absolute atomic E-state index is 5.58. The number of ether oxygens (including phenoxy) is 6. The Morgan fingerprint density at radius 2 is 1.28 bits per heavy atom. The summed E-state index contributed by atoms with van der Waals surface area (Å²) >= 11 is 0. The van der Waals surface area contributed by atoms with Gasteiger partial charge < -0.3 is 28.4 Å². The Hall–Kier alpha value is -0.240. The number of rotatable bonds is 18. The molecule has 0 radical (unpaired) electrons. The highest BCUT2D eigenvalue weighted by atomic mass is 16.7. The molecule has 1 aliphatic rings. The van der Waals surface area contributed by atoms with E-state index in [-0.39, 0.29) is 6.29 Å². The molecule has 0 N–H and O–H groups in total. The first-order valence-corrected chi connectivity index (χ1v) is 9.97. The summed E-state index contributed by atoms with van der Waals surface area (Å²) in [4.78, 5) is 0. The fourth-order valence-corrected chi connectivity index (χ4v) is 2.47. The molecule has 0 aromatic carbocycles. The summed E-state index contributed by atoms with van der Waals surface area (Å²) in [5, 5.41) is 0. The molecule has 1 atom stereocenters. The molecular weight excluding hydrogens is 324 g/mol. The van der Waals surface area contributed by atoms with Crippen LogP contribution in [0.15, 0.2) is 0 Å². The molecule has 0 aromatic rings. The van der Waals surface area contributed by atoms with E-state index in [2.05, 4.69) is 6.92 Å². The molecule has 1 heterocycles. The van der Waals surface area contributed by atoms with Crippen molar-refractivity contribution < 1.29 is 28.4 Å². The molecule has 25 heavy (non-hydrogen) atoms. The third-order valence-corrected chi connectivity index (χ3v) is 3.93. The molecule has 150 valence electrons. The van der Waals surface area contributed by atoms with E-state index in [9.17, 15) is 0 Å². The van der Waals surface area contributed by atoms with Gasteiger partial charge in [-0.25, -0.2) is 0 Å². The van der Waals surface area contributed by atoms with Crippen molar-refractivity contribution in [1.82, 2.24) is 0 Å². The van der Waals surface area contributed by atoms with E-state index in [4.69, 9.17) is 28.4 Å². The van der Waals surface area contributed by atoms with Crippen LogP contribution in [0.25, 0.3) is 0 Å². The van der Waals surface area contributed by atoms with E-state index in [0.29, 0.717) is 52.9 Å². The molecule has 1 unspecified atom stereocenters. The molecule has 0 bridgehead atoms. The lowest BCUT2D eigenvalue weighted by Gasteiger charge is -2.22. The summed E-state index contributed by atoms with van der Waals surface area (Å²) in [5.74, 6) is 0. The topological polar surface area (TPSA) is 55.4 Å². The molecule has 0 spiro atoms. The monoisotopic (exact) mass is 362 g/mol. The van der Waals surface area contributed by atoms with Crippen molar-refractivity contribution >= 4 is 0 Å². The van der Waals surface area contributed by atoms with Gasteiger partial charge in [-0.2, -0.15) is 0 Å². The third-order valence-electron chi connectivity index (χ3n) is 3.93. The molecule has 0 saturated carbocycles. The van der Waals surface area contributed by atoms with Crippen molar-refractivity contribution in [3.05, 3.63) is 0 Å². The first kappa shape index (κ1) is 22.8. The lowest BCUT2D eigenvalue weighted by atomic mass is 10.2. The predicted molar refractivity (Wildman–Crippen MR) is 97.0 cm³/mol. The van der Waals surface area contributed by atoms with Crippen LogP contribution in [0, 0.1) is 0 Å². The van der Waals surface area contributed by atoms with Gasteiger partial charge in [0.15, 0.2) is 6.29 Å². The Morgan fingerprint density at radius 1 is 0.680 bits per heavy atom. The Morgan fingerprint density at radius 3 is 1.84 bits per heavy atom. The summed E-state index contributed by atoms with van der Waals surface area (Å²) < 4.78 is 32.9. The van der Waals surface area contributed by atoms with Crippen molar-refractivity contribution in [1.29, 1.82) is 0 Å². The van der Waals surface area contributed by atoms with Crippen molar-refractivity contribution in [2.45, 2.75) is 58.2 Å². The largest absolute Gasteiger partial charge is 0.379 e. The molecule has 0 amide bonds. The standard InChI is InChI=1S/C19H38O6/c1-2-3-4-6-9-20-11-12-21-13-14-22-15-16-23-17-18-25-19-8-5-7-10-24-19/h19H,2-18H2,1H3. The Kier molecular flexibility index (Phi) is 16.9. The van der Waals surface area contributed by atoms with Crippen LogP contribution in [0.1, 0.15) is 51.9 Å². The maximum Gasteiger partial charge on any atom is 0.157 e. The minimum Gasteiger partial charge on any atom is -0.379 e. The SMILES string of the molecule is CCCCCCOCCOCCOCCOCCOC1CCCCO1. The van der Waals surface area contributed by atoms with Crippen LogP contribution < -0.4 is 0 Å². The minimum absolute atomic E-state index is 0.0360. The van der Waals surface area contributed by atoms with Crippen LogP contribution >= 0.6 is 0 Å². The molecule has 1 fully saturated rings. The highest BCUT2D eigenvalue weighted by molar-refractivity contribution is 4.53. The molecule has 6 nitrogen and oxygen atoms in total. The van der Waals surface area contributed by atoms with E-state index in [1.54, 1.807) is 0 Å². The number of hydrogen-bond donors (Lipinski definition) is 0. The Balaban J connectivity index is 1.65. The lowest BCUT2D eigenvalue weighted by Crippen LogP contribution is -2.24. The fourth-order valence-electron chi connectivity index (χ4n) is 2.47. The second-order valence-corrected chi connectivity index (χ2v) is 6.18. The lowest BCUT2D eigenvalue weighted by molar-refractivity contribution is -0.169. The molecule has 1 saturated heterocycles. The van der Waals surface area contributed by atoms with Crippen LogP contribution in [-0.2, 0) is 28.4 Å². The zero-order valence-corrected chi connectivity index (χ0v) is 16.0. The third kappa shape index (κ3) is 15.7. The van der Waals surface area contributed by atoms with E-state index in [1.807, 2.05) is 0 Å². The summed E-state index contributed by atoms with van der Waals surface area (Å²) in [7, 11) is 0. The van der Waals surface area contributed by atoms with Gasteiger partial charge in [0, 0.05) is 13.2 Å². The Bertz CT molecular complexity index is 258. The zero-order chi connectivity index (χ0) is 17.8. The second-order valence-electron chi connectivity index (χ2n) is 6.18. The van der Waals surface area contributed by atoms with Gasteiger partial charge in [0.25, 0.3) is 0 Å². The van der Waals surface area contributed by atoms with Gasteiger partial charge in [0.2, 0.25) is 0 Å². The van der Waals surface area contributed by atoms with Crippen LogP contribution in [0.5, 0.6) is 0 Å². The van der Waals surface area contributed by atoms with Gasteiger partial charge in [-0.05, 0) is 25.7 Å². The van der Waals surface area contributed by atoms with Crippen molar-refractivity contribution in [2.75, 3.05) is 66.1 Å². The number of hydrogen-bond acceptors (Lipinski definition) is 6. The van der Waals surface area contributed by atoms with Gasteiger partial charge in [0.1, 0.15) is 0 Å². The molecule has 6 heteroatoms. The van der Waals surface area contributed by atoms with Crippen LogP contribution in [0.2, 0.25) is 0 Å².